The number of hydrogen-bond donors (Lipinski definition) is 3. The molecule has 0 spiro atoms. The number of hydrogen-bond acceptors (Lipinski definition) is 3. The highest BCUT2D eigenvalue weighted by atomic mass is 16.3. The summed E-state index contributed by atoms with van der Waals surface area (Å²) in [7, 11) is 0. The third-order valence-electron chi connectivity index (χ3n) is 3.59. The molecule has 1 amide bonds. The van der Waals surface area contributed by atoms with E-state index in [1.165, 1.54) is 0 Å². The summed E-state index contributed by atoms with van der Waals surface area (Å²) in [4.78, 5) is 12.0. The number of nitrogens with one attached hydrogen (secondary N) is 1. The summed E-state index contributed by atoms with van der Waals surface area (Å²) in [5.41, 5.74) is 7.21. The normalized spacial score (nSPS) is 11.4. The van der Waals surface area contributed by atoms with Crippen molar-refractivity contribution in [2.24, 2.45) is 11.1 Å². The Labute approximate surface area is 121 Å². The molecule has 0 aromatic heterocycles. The van der Waals surface area contributed by atoms with Crippen molar-refractivity contribution in [2.75, 3.05) is 11.9 Å². The molecular formula is C16H26N2O2. The lowest BCUT2D eigenvalue weighted by Crippen LogP contribution is -2.20. The molecule has 0 atom stereocenters. The predicted molar refractivity (Wildman–Crippen MR) is 82.8 cm³/mol. The fraction of sp³-hybridized carbons (Fsp3) is 0.562. The van der Waals surface area contributed by atoms with Gasteiger partial charge in [0.25, 0.3) is 0 Å². The smallest absolute Gasteiger partial charge is 0.224 e. The second-order valence-corrected chi connectivity index (χ2v) is 5.96. The van der Waals surface area contributed by atoms with Gasteiger partial charge < -0.3 is 16.2 Å². The van der Waals surface area contributed by atoms with Gasteiger partial charge >= 0.3 is 0 Å². The van der Waals surface area contributed by atoms with Crippen LogP contribution in [-0.4, -0.2) is 17.6 Å². The van der Waals surface area contributed by atoms with Crippen molar-refractivity contribution < 1.29 is 9.90 Å². The summed E-state index contributed by atoms with van der Waals surface area (Å²) < 4.78 is 0. The van der Waals surface area contributed by atoms with E-state index in [0.717, 1.165) is 24.8 Å². The molecule has 4 heteroatoms. The van der Waals surface area contributed by atoms with E-state index in [2.05, 4.69) is 19.2 Å². The fourth-order valence-corrected chi connectivity index (χ4v) is 2.08. The molecule has 0 saturated heterocycles. The van der Waals surface area contributed by atoms with Crippen LogP contribution in [0.2, 0.25) is 0 Å². The molecule has 0 bridgehead atoms. The number of anilines is 1. The molecule has 0 aliphatic heterocycles. The number of benzene rings is 1. The molecule has 112 valence electrons. The average Bonchev–Trinajstić information content (AvgIpc) is 2.39. The summed E-state index contributed by atoms with van der Waals surface area (Å²) in [5, 5.41) is 12.5. The van der Waals surface area contributed by atoms with E-state index >= 15 is 0 Å². The monoisotopic (exact) mass is 278 g/mol. The number of carbonyl (C=O) groups is 1. The highest BCUT2D eigenvalue weighted by molar-refractivity contribution is 5.92. The van der Waals surface area contributed by atoms with Crippen molar-refractivity contribution in [1.82, 2.24) is 0 Å². The van der Waals surface area contributed by atoms with Crippen molar-refractivity contribution in [3.05, 3.63) is 23.8 Å². The minimum absolute atomic E-state index is 0.0689. The summed E-state index contributed by atoms with van der Waals surface area (Å²) in [6, 6.07) is 5.29. The predicted octanol–water partition coefficient (Wildman–Crippen LogP) is 3.05. The van der Waals surface area contributed by atoms with Gasteiger partial charge in [-0.05, 0) is 48.9 Å². The quantitative estimate of drug-likeness (QED) is 0.671. The Morgan fingerprint density at radius 2 is 2.05 bits per heavy atom. The molecule has 0 aliphatic carbocycles. The average molecular weight is 278 g/mol. The third kappa shape index (κ3) is 5.21. The van der Waals surface area contributed by atoms with Gasteiger partial charge in [-0.3, -0.25) is 4.79 Å². The van der Waals surface area contributed by atoms with Gasteiger partial charge in [-0.15, -0.1) is 0 Å². The largest absolute Gasteiger partial charge is 0.506 e. The Hall–Kier alpha value is -1.55. The van der Waals surface area contributed by atoms with Gasteiger partial charge in [-0.1, -0.05) is 26.8 Å². The fourth-order valence-electron chi connectivity index (χ4n) is 2.08. The second kappa shape index (κ2) is 7.29. The lowest BCUT2D eigenvalue weighted by Gasteiger charge is -2.23. The first-order valence-electron chi connectivity index (χ1n) is 7.20. The first-order valence-corrected chi connectivity index (χ1v) is 7.20. The third-order valence-corrected chi connectivity index (χ3v) is 3.59. The molecule has 1 aromatic rings. The van der Waals surface area contributed by atoms with Crippen LogP contribution < -0.4 is 11.1 Å². The molecule has 1 rings (SSSR count). The standard InChI is InChI=1S/C16H26N2O2/c1-4-12-5-6-14(19)13(11-12)18-15(20)7-8-16(2,3)9-10-17/h5-6,11,19H,4,7-10,17H2,1-3H3,(H,18,20). The van der Waals surface area contributed by atoms with Gasteiger partial charge in [0, 0.05) is 6.42 Å². The number of phenols is 1. The molecule has 1 aromatic carbocycles. The zero-order valence-corrected chi connectivity index (χ0v) is 12.7. The summed E-state index contributed by atoms with van der Waals surface area (Å²) >= 11 is 0. The van der Waals surface area contributed by atoms with Crippen LogP contribution in [-0.2, 0) is 11.2 Å². The number of aryl methyl sites for hydroxylation is 1. The second-order valence-electron chi connectivity index (χ2n) is 5.96. The Kier molecular flexibility index (Phi) is 6.02. The van der Waals surface area contributed by atoms with Gasteiger partial charge in [0.05, 0.1) is 5.69 Å². The topological polar surface area (TPSA) is 75.3 Å². The molecule has 0 radical (unpaired) electrons. The van der Waals surface area contributed by atoms with Crippen molar-refractivity contribution in [1.29, 1.82) is 0 Å². The molecule has 0 aliphatic rings. The van der Waals surface area contributed by atoms with Gasteiger partial charge in [0.1, 0.15) is 5.75 Å². The van der Waals surface area contributed by atoms with Gasteiger partial charge in [-0.2, -0.15) is 0 Å². The van der Waals surface area contributed by atoms with E-state index in [4.69, 9.17) is 5.73 Å². The minimum Gasteiger partial charge on any atom is -0.506 e. The molecule has 4 nitrogen and oxygen atoms in total. The number of nitrogens with two attached hydrogens (primary N) is 1. The van der Waals surface area contributed by atoms with E-state index in [9.17, 15) is 9.90 Å². The molecule has 0 unspecified atom stereocenters. The lowest BCUT2D eigenvalue weighted by atomic mass is 9.84. The molecular weight excluding hydrogens is 252 g/mol. The van der Waals surface area contributed by atoms with Crippen LogP contribution >= 0.6 is 0 Å². The summed E-state index contributed by atoms with van der Waals surface area (Å²) in [6.45, 7) is 6.89. The van der Waals surface area contributed by atoms with E-state index in [-0.39, 0.29) is 17.1 Å². The Morgan fingerprint density at radius 3 is 2.65 bits per heavy atom. The number of phenolic OH excluding ortho intramolecular Hbond substituents is 1. The van der Waals surface area contributed by atoms with E-state index in [1.807, 2.05) is 19.1 Å². The van der Waals surface area contributed by atoms with Gasteiger partial charge in [0.15, 0.2) is 0 Å². The number of amides is 1. The van der Waals surface area contributed by atoms with Gasteiger partial charge in [0.2, 0.25) is 5.91 Å². The van der Waals surface area contributed by atoms with E-state index in [1.54, 1.807) is 6.07 Å². The van der Waals surface area contributed by atoms with Crippen LogP contribution in [0.25, 0.3) is 0 Å². The lowest BCUT2D eigenvalue weighted by molar-refractivity contribution is -0.116. The number of carbonyl (C=O) groups excluding carboxylic acids is 1. The van der Waals surface area contributed by atoms with E-state index < -0.39 is 0 Å². The van der Waals surface area contributed by atoms with Crippen LogP contribution in [0, 0.1) is 5.41 Å². The molecule has 4 N–H and O–H groups in total. The van der Waals surface area contributed by atoms with Crippen LogP contribution in [0.1, 0.15) is 45.6 Å². The maximum absolute atomic E-state index is 12.0. The molecule has 0 heterocycles. The maximum Gasteiger partial charge on any atom is 0.224 e. The molecule has 20 heavy (non-hydrogen) atoms. The first kappa shape index (κ1) is 16.5. The van der Waals surface area contributed by atoms with Crippen molar-refractivity contribution in [3.8, 4) is 5.75 Å². The van der Waals surface area contributed by atoms with Crippen molar-refractivity contribution in [2.45, 2.75) is 46.5 Å². The van der Waals surface area contributed by atoms with Crippen LogP contribution in [0.3, 0.4) is 0 Å². The minimum atomic E-state index is -0.0707. The van der Waals surface area contributed by atoms with Crippen molar-refractivity contribution >= 4 is 11.6 Å². The van der Waals surface area contributed by atoms with Crippen molar-refractivity contribution in [3.63, 3.8) is 0 Å². The van der Waals surface area contributed by atoms with Crippen LogP contribution in [0.4, 0.5) is 5.69 Å². The highest BCUT2D eigenvalue weighted by Crippen LogP contribution is 2.28. The Balaban J connectivity index is 2.58. The summed E-state index contributed by atoms with van der Waals surface area (Å²) in [6.07, 6.45) is 2.98. The first-order chi connectivity index (χ1) is 9.38. The zero-order valence-electron chi connectivity index (χ0n) is 12.7. The van der Waals surface area contributed by atoms with Crippen LogP contribution in [0.15, 0.2) is 18.2 Å². The van der Waals surface area contributed by atoms with Crippen LogP contribution in [0.5, 0.6) is 5.75 Å². The van der Waals surface area contributed by atoms with Gasteiger partial charge in [-0.25, -0.2) is 0 Å². The maximum atomic E-state index is 12.0. The van der Waals surface area contributed by atoms with E-state index in [0.29, 0.717) is 18.7 Å². The summed E-state index contributed by atoms with van der Waals surface area (Å²) in [5.74, 6) is 0.0374. The highest BCUT2D eigenvalue weighted by Gasteiger charge is 2.18. The molecule has 0 saturated carbocycles. The SMILES string of the molecule is CCc1ccc(O)c(NC(=O)CCC(C)(C)CCN)c1. The number of aromatic hydroxyl groups is 1. The Morgan fingerprint density at radius 1 is 1.35 bits per heavy atom. The Bertz CT molecular complexity index is 456. The number of rotatable bonds is 7. The molecule has 0 fully saturated rings. The zero-order chi connectivity index (χ0) is 15.2.